The summed E-state index contributed by atoms with van der Waals surface area (Å²) in [5, 5.41) is 23.2. The Morgan fingerprint density at radius 3 is 2.47 bits per heavy atom. The molecule has 4 unspecified atom stereocenters. The van der Waals surface area contributed by atoms with Crippen LogP contribution in [-0.4, -0.2) is 64.1 Å². The Labute approximate surface area is 197 Å². The van der Waals surface area contributed by atoms with Crippen LogP contribution in [0.3, 0.4) is 0 Å². The van der Waals surface area contributed by atoms with Crippen molar-refractivity contribution < 1.29 is 29.3 Å². The van der Waals surface area contributed by atoms with Crippen molar-refractivity contribution in [2.75, 3.05) is 13.2 Å². The van der Waals surface area contributed by atoms with Crippen LogP contribution >= 0.6 is 0 Å². The fourth-order valence-corrected chi connectivity index (χ4v) is 4.60. The van der Waals surface area contributed by atoms with Crippen LogP contribution in [0.1, 0.15) is 30.4 Å². The van der Waals surface area contributed by atoms with E-state index in [2.05, 4.69) is 5.32 Å². The number of fused-ring (bicyclic) bond motifs is 3. The molecule has 2 amide bonds. The molecular weight excluding hydrogens is 436 g/mol. The minimum atomic E-state index is -1.18. The number of para-hydroxylation sites is 1. The van der Waals surface area contributed by atoms with Crippen molar-refractivity contribution in [3.63, 3.8) is 0 Å². The van der Waals surface area contributed by atoms with E-state index in [4.69, 9.17) is 4.74 Å². The Morgan fingerprint density at radius 2 is 1.76 bits per heavy atom. The van der Waals surface area contributed by atoms with Gasteiger partial charge >= 0.3 is 0 Å². The van der Waals surface area contributed by atoms with Crippen molar-refractivity contribution >= 4 is 17.6 Å². The van der Waals surface area contributed by atoms with Crippen LogP contribution in [0.5, 0.6) is 5.75 Å². The molecule has 0 saturated carbocycles. The lowest BCUT2D eigenvalue weighted by Gasteiger charge is -2.40. The SMILES string of the molecule is CCC(=O)C(=O)N(Cc1ccccc1)C1C=C(C(=O)NCCO)C2c3ccccc3OC2C1O. The lowest BCUT2D eigenvalue weighted by Crippen LogP contribution is -2.56. The summed E-state index contributed by atoms with van der Waals surface area (Å²) in [7, 11) is 0. The van der Waals surface area contributed by atoms with Gasteiger partial charge in [-0.15, -0.1) is 0 Å². The molecule has 0 bridgehead atoms. The predicted molar refractivity (Wildman–Crippen MR) is 124 cm³/mol. The van der Waals surface area contributed by atoms with E-state index in [9.17, 15) is 24.6 Å². The number of benzene rings is 2. The second-order valence-corrected chi connectivity index (χ2v) is 8.38. The van der Waals surface area contributed by atoms with Gasteiger partial charge in [0, 0.05) is 30.6 Å². The summed E-state index contributed by atoms with van der Waals surface area (Å²) < 4.78 is 6.06. The molecule has 2 aliphatic rings. The van der Waals surface area contributed by atoms with Crippen molar-refractivity contribution in [1.82, 2.24) is 10.2 Å². The Bertz CT molecular complexity index is 1100. The summed E-state index contributed by atoms with van der Waals surface area (Å²) in [5.74, 6) is -1.72. The standard InChI is InChI=1S/C26H28N2O6/c1-2-20(30)26(33)28(15-16-8-4-3-5-9-16)19-14-18(25(32)27-12-13-29)22-17-10-6-7-11-21(17)34-24(22)23(19)31/h3-11,14,19,22-24,29,31H,2,12-13,15H2,1H3,(H,27,32). The van der Waals surface area contributed by atoms with E-state index in [0.29, 0.717) is 11.3 Å². The summed E-state index contributed by atoms with van der Waals surface area (Å²) in [6.07, 6.45) is -0.406. The molecule has 2 aromatic rings. The number of nitrogens with one attached hydrogen (secondary N) is 1. The lowest BCUT2D eigenvalue weighted by molar-refractivity contribution is -0.148. The number of aliphatic hydroxyl groups is 2. The highest BCUT2D eigenvalue weighted by Crippen LogP contribution is 2.47. The maximum atomic E-state index is 13.1. The number of ketones is 1. The van der Waals surface area contributed by atoms with Crippen molar-refractivity contribution in [3.05, 3.63) is 77.4 Å². The first kappa shape index (κ1) is 23.7. The second-order valence-electron chi connectivity index (χ2n) is 8.38. The van der Waals surface area contributed by atoms with Crippen molar-refractivity contribution in [1.29, 1.82) is 0 Å². The van der Waals surface area contributed by atoms with Gasteiger partial charge in [0.2, 0.25) is 11.7 Å². The number of ether oxygens (including phenoxy) is 1. The van der Waals surface area contributed by atoms with Crippen molar-refractivity contribution in [2.24, 2.45) is 0 Å². The van der Waals surface area contributed by atoms with E-state index in [-0.39, 0.29) is 26.1 Å². The largest absolute Gasteiger partial charge is 0.486 e. The van der Waals surface area contributed by atoms with Gasteiger partial charge in [0.25, 0.3) is 5.91 Å². The minimum absolute atomic E-state index is 0.0223. The van der Waals surface area contributed by atoms with Gasteiger partial charge < -0.3 is 25.2 Å². The Hall–Kier alpha value is -3.49. The van der Waals surface area contributed by atoms with E-state index in [0.717, 1.165) is 11.1 Å². The van der Waals surface area contributed by atoms with Crippen LogP contribution in [0.4, 0.5) is 0 Å². The summed E-state index contributed by atoms with van der Waals surface area (Å²) in [6.45, 7) is 1.52. The molecule has 0 fully saturated rings. The highest BCUT2D eigenvalue weighted by atomic mass is 16.5. The van der Waals surface area contributed by atoms with E-state index < -0.39 is 41.8 Å². The number of hydrogen-bond donors (Lipinski definition) is 3. The van der Waals surface area contributed by atoms with E-state index >= 15 is 0 Å². The van der Waals surface area contributed by atoms with Crippen LogP contribution in [0.25, 0.3) is 0 Å². The molecule has 2 aromatic carbocycles. The number of amides is 2. The van der Waals surface area contributed by atoms with Gasteiger partial charge in [-0.3, -0.25) is 14.4 Å². The monoisotopic (exact) mass is 464 g/mol. The van der Waals surface area contributed by atoms with Crippen LogP contribution in [0.15, 0.2) is 66.2 Å². The third-order valence-corrected chi connectivity index (χ3v) is 6.25. The molecular formula is C26H28N2O6. The zero-order valence-corrected chi connectivity index (χ0v) is 18.9. The Kier molecular flexibility index (Phi) is 7.09. The molecule has 0 aromatic heterocycles. The van der Waals surface area contributed by atoms with Crippen molar-refractivity contribution in [2.45, 2.75) is 44.1 Å². The van der Waals surface area contributed by atoms with Crippen LogP contribution in [-0.2, 0) is 20.9 Å². The van der Waals surface area contributed by atoms with Gasteiger partial charge in [0.15, 0.2) is 0 Å². The van der Waals surface area contributed by atoms with Gasteiger partial charge in [0.05, 0.1) is 18.6 Å². The molecule has 1 aliphatic carbocycles. The number of Topliss-reactive ketones (excluding diaryl/α,β-unsaturated/α-hetero) is 1. The average molecular weight is 465 g/mol. The molecule has 178 valence electrons. The molecule has 8 heteroatoms. The molecule has 1 heterocycles. The van der Waals surface area contributed by atoms with Gasteiger partial charge in [-0.2, -0.15) is 0 Å². The maximum absolute atomic E-state index is 13.1. The number of carbonyl (C=O) groups is 3. The molecule has 4 atom stereocenters. The molecule has 3 N–H and O–H groups in total. The second kappa shape index (κ2) is 10.2. The number of aliphatic hydroxyl groups excluding tert-OH is 2. The van der Waals surface area contributed by atoms with Gasteiger partial charge in [-0.05, 0) is 17.7 Å². The zero-order valence-electron chi connectivity index (χ0n) is 18.9. The number of rotatable bonds is 8. The normalized spacial score (nSPS) is 22.6. The first-order chi connectivity index (χ1) is 16.5. The highest BCUT2D eigenvalue weighted by Gasteiger charge is 2.50. The van der Waals surface area contributed by atoms with E-state index in [1.165, 1.54) is 4.90 Å². The Balaban J connectivity index is 1.78. The van der Waals surface area contributed by atoms with Crippen LogP contribution in [0, 0.1) is 0 Å². The first-order valence-electron chi connectivity index (χ1n) is 11.4. The molecule has 4 rings (SSSR count). The smallest absolute Gasteiger partial charge is 0.290 e. The third kappa shape index (κ3) is 4.47. The fourth-order valence-electron chi connectivity index (χ4n) is 4.60. The van der Waals surface area contributed by atoms with Crippen LogP contribution < -0.4 is 10.1 Å². The van der Waals surface area contributed by atoms with Crippen molar-refractivity contribution in [3.8, 4) is 5.75 Å². The highest BCUT2D eigenvalue weighted by molar-refractivity contribution is 6.36. The molecule has 0 saturated heterocycles. The van der Waals surface area contributed by atoms with Gasteiger partial charge in [-0.25, -0.2) is 0 Å². The van der Waals surface area contributed by atoms with Crippen LogP contribution in [0.2, 0.25) is 0 Å². The molecule has 1 aliphatic heterocycles. The quantitative estimate of drug-likeness (QED) is 0.508. The van der Waals surface area contributed by atoms with E-state index in [1.54, 1.807) is 25.1 Å². The summed E-state index contributed by atoms with van der Waals surface area (Å²) in [5.41, 5.74) is 1.87. The van der Waals surface area contributed by atoms with Gasteiger partial charge in [0.1, 0.15) is 18.0 Å². The average Bonchev–Trinajstić information content (AvgIpc) is 3.26. The number of nitrogens with zero attached hydrogens (tertiary/aromatic N) is 1. The molecule has 8 nitrogen and oxygen atoms in total. The molecule has 0 radical (unpaired) electrons. The summed E-state index contributed by atoms with van der Waals surface area (Å²) >= 11 is 0. The third-order valence-electron chi connectivity index (χ3n) is 6.25. The minimum Gasteiger partial charge on any atom is -0.486 e. The maximum Gasteiger partial charge on any atom is 0.290 e. The Morgan fingerprint density at radius 1 is 1.06 bits per heavy atom. The summed E-state index contributed by atoms with van der Waals surface area (Å²) in [6, 6.07) is 15.4. The fraction of sp³-hybridized carbons (Fsp3) is 0.346. The first-order valence-corrected chi connectivity index (χ1v) is 11.4. The summed E-state index contributed by atoms with van der Waals surface area (Å²) in [4.78, 5) is 40.0. The topological polar surface area (TPSA) is 116 Å². The predicted octanol–water partition coefficient (Wildman–Crippen LogP) is 1.32. The lowest BCUT2D eigenvalue weighted by atomic mass is 9.77. The van der Waals surface area contributed by atoms with E-state index in [1.807, 2.05) is 42.5 Å². The number of hydrogen-bond acceptors (Lipinski definition) is 6. The molecule has 0 spiro atoms. The molecule has 34 heavy (non-hydrogen) atoms. The number of carbonyl (C=O) groups excluding carboxylic acids is 3. The zero-order chi connectivity index (χ0) is 24.2. The van der Waals surface area contributed by atoms with Gasteiger partial charge in [-0.1, -0.05) is 55.5 Å².